The highest BCUT2D eigenvalue weighted by molar-refractivity contribution is 5.97. The van der Waals surface area contributed by atoms with Crippen LogP contribution < -0.4 is 11.5 Å². The SMILES string of the molecule is Cc1cccc(C)c1C=CC(=O)[C@H]([C@@H](O)C[C@H](Cc1ccccc1)C(=O)OC(C)(C)C)C(N)(N)c1ccccc1. The molecule has 0 aliphatic rings. The highest BCUT2D eigenvalue weighted by Crippen LogP contribution is 2.31. The first-order valence-corrected chi connectivity index (χ1v) is 13.7. The molecule has 0 aliphatic heterocycles. The Bertz CT molecular complexity index is 1290. The van der Waals surface area contributed by atoms with E-state index in [4.69, 9.17) is 16.2 Å². The number of ether oxygens (including phenoxy) is 1. The lowest BCUT2D eigenvalue weighted by atomic mass is 9.77. The Morgan fingerprint density at radius 1 is 0.875 bits per heavy atom. The number of aliphatic hydroxyl groups excluding tert-OH is 1. The zero-order chi connectivity index (χ0) is 29.5. The van der Waals surface area contributed by atoms with Crippen molar-refractivity contribution in [3.8, 4) is 0 Å². The second kappa shape index (κ2) is 13.2. The molecule has 0 heterocycles. The van der Waals surface area contributed by atoms with E-state index >= 15 is 0 Å². The van der Waals surface area contributed by atoms with Crippen molar-refractivity contribution in [2.75, 3.05) is 0 Å². The van der Waals surface area contributed by atoms with Gasteiger partial charge in [-0.3, -0.25) is 9.59 Å². The van der Waals surface area contributed by atoms with Gasteiger partial charge in [-0.15, -0.1) is 0 Å². The van der Waals surface area contributed by atoms with Crippen molar-refractivity contribution in [2.45, 2.75) is 64.8 Å². The van der Waals surface area contributed by atoms with Crippen LogP contribution in [0.1, 0.15) is 55.0 Å². The van der Waals surface area contributed by atoms with Crippen LogP contribution in [0.3, 0.4) is 0 Å². The van der Waals surface area contributed by atoms with E-state index in [1.54, 1.807) is 51.1 Å². The minimum atomic E-state index is -1.70. The molecule has 0 amide bonds. The Kier molecular flexibility index (Phi) is 10.2. The number of benzene rings is 3. The predicted molar refractivity (Wildman–Crippen MR) is 160 cm³/mol. The summed E-state index contributed by atoms with van der Waals surface area (Å²) in [5.41, 5.74) is 15.3. The minimum absolute atomic E-state index is 0.0551. The topological polar surface area (TPSA) is 116 Å². The lowest BCUT2D eigenvalue weighted by Gasteiger charge is -2.37. The van der Waals surface area contributed by atoms with Crippen LogP contribution in [0, 0.1) is 25.7 Å². The van der Waals surface area contributed by atoms with Crippen LogP contribution >= 0.6 is 0 Å². The van der Waals surface area contributed by atoms with E-state index in [2.05, 4.69) is 0 Å². The van der Waals surface area contributed by atoms with Crippen molar-refractivity contribution in [2.24, 2.45) is 23.3 Å². The van der Waals surface area contributed by atoms with Gasteiger partial charge in [-0.1, -0.05) is 84.9 Å². The van der Waals surface area contributed by atoms with Gasteiger partial charge in [0, 0.05) is 0 Å². The molecular weight excluding hydrogens is 500 g/mol. The summed E-state index contributed by atoms with van der Waals surface area (Å²) in [5.74, 6) is -2.82. The maximum atomic E-state index is 13.8. The first-order valence-electron chi connectivity index (χ1n) is 13.7. The number of hydrogen-bond donors (Lipinski definition) is 3. The van der Waals surface area contributed by atoms with Crippen molar-refractivity contribution in [1.29, 1.82) is 0 Å². The first kappa shape index (κ1) is 31.0. The molecule has 3 aromatic carbocycles. The number of allylic oxidation sites excluding steroid dienone is 1. The highest BCUT2D eigenvalue weighted by atomic mass is 16.6. The molecule has 0 bridgehead atoms. The summed E-state index contributed by atoms with van der Waals surface area (Å²) in [6.45, 7) is 9.33. The lowest BCUT2D eigenvalue weighted by Crippen LogP contribution is -2.59. The minimum Gasteiger partial charge on any atom is -0.460 e. The average molecular weight is 543 g/mol. The Hall–Kier alpha value is -3.58. The number of nitrogens with two attached hydrogens (primary N) is 2. The Morgan fingerprint density at radius 2 is 1.43 bits per heavy atom. The molecule has 0 saturated carbocycles. The zero-order valence-electron chi connectivity index (χ0n) is 24.1. The zero-order valence-corrected chi connectivity index (χ0v) is 24.1. The first-order chi connectivity index (χ1) is 18.8. The maximum Gasteiger partial charge on any atom is 0.309 e. The van der Waals surface area contributed by atoms with Crippen LogP contribution in [0.4, 0.5) is 0 Å². The van der Waals surface area contributed by atoms with E-state index in [0.29, 0.717) is 12.0 Å². The number of esters is 1. The third-order valence-electron chi connectivity index (χ3n) is 7.03. The largest absolute Gasteiger partial charge is 0.460 e. The molecular formula is C34H42N2O4. The standard InChI is InChI=1S/C34H42N2O4/c1-23-13-12-14-24(2)28(23)19-20-29(37)31(34(35,36)27-17-10-7-11-18-27)30(38)22-26(32(39)40-33(3,4)5)21-25-15-8-6-9-16-25/h6-20,26,30-31,38H,21-22,35-36H2,1-5H3/t26-,30-,31+/m0/s1. The molecule has 0 spiro atoms. The van der Waals surface area contributed by atoms with Gasteiger partial charge in [0.15, 0.2) is 5.78 Å². The molecule has 0 unspecified atom stereocenters. The van der Waals surface area contributed by atoms with Crippen LogP contribution in [0.15, 0.2) is 84.9 Å². The summed E-state index contributed by atoms with van der Waals surface area (Å²) >= 11 is 0. The van der Waals surface area contributed by atoms with E-state index in [9.17, 15) is 14.7 Å². The second-order valence-electron chi connectivity index (χ2n) is 11.5. The quantitative estimate of drug-likeness (QED) is 0.174. The third kappa shape index (κ3) is 8.21. The van der Waals surface area contributed by atoms with Gasteiger partial charge >= 0.3 is 5.97 Å². The lowest BCUT2D eigenvalue weighted by molar-refractivity contribution is -0.162. The van der Waals surface area contributed by atoms with Gasteiger partial charge in [-0.2, -0.15) is 0 Å². The fourth-order valence-electron chi connectivity index (χ4n) is 4.98. The summed E-state index contributed by atoms with van der Waals surface area (Å²) < 4.78 is 5.70. The Balaban J connectivity index is 1.99. The van der Waals surface area contributed by atoms with Gasteiger partial charge in [-0.25, -0.2) is 0 Å². The van der Waals surface area contributed by atoms with Crippen LogP contribution in [-0.4, -0.2) is 28.6 Å². The third-order valence-corrected chi connectivity index (χ3v) is 7.03. The van der Waals surface area contributed by atoms with Crippen LogP contribution in [0.2, 0.25) is 0 Å². The monoisotopic (exact) mass is 542 g/mol. The number of carbonyl (C=O) groups is 2. The number of ketones is 1. The van der Waals surface area contributed by atoms with Crippen molar-refractivity contribution >= 4 is 17.8 Å². The molecule has 0 aromatic heterocycles. The molecule has 3 rings (SSSR count). The number of aryl methyl sites for hydroxylation is 2. The molecule has 3 aromatic rings. The van der Waals surface area contributed by atoms with Gasteiger partial charge in [0.05, 0.1) is 17.9 Å². The molecule has 0 fully saturated rings. The molecule has 0 saturated heterocycles. The Labute approximate surface area is 238 Å². The van der Waals surface area contributed by atoms with Gasteiger partial charge in [0.25, 0.3) is 0 Å². The fraction of sp³-hybridized carbons (Fsp3) is 0.353. The number of carbonyl (C=O) groups excluding carboxylic acids is 2. The number of hydrogen-bond acceptors (Lipinski definition) is 6. The summed E-state index contributed by atoms with van der Waals surface area (Å²) in [7, 11) is 0. The fourth-order valence-corrected chi connectivity index (χ4v) is 4.98. The summed E-state index contributed by atoms with van der Waals surface area (Å²) in [6, 6.07) is 24.3. The van der Waals surface area contributed by atoms with Gasteiger partial charge < -0.3 is 21.3 Å². The molecule has 40 heavy (non-hydrogen) atoms. The summed E-state index contributed by atoms with van der Waals surface area (Å²) in [5, 5.41) is 11.7. The Morgan fingerprint density at radius 3 is 1.98 bits per heavy atom. The van der Waals surface area contributed by atoms with E-state index in [0.717, 1.165) is 22.3 Å². The van der Waals surface area contributed by atoms with Crippen LogP contribution in [0.5, 0.6) is 0 Å². The average Bonchev–Trinajstić information content (AvgIpc) is 2.88. The molecule has 0 radical (unpaired) electrons. The van der Waals surface area contributed by atoms with Crippen molar-refractivity contribution in [1.82, 2.24) is 0 Å². The van der Waals surface area contributed by atoms with Crippen molar-refractivity contribution in [3.05, 3.63) is 113 Å². The normalized spacial score (nSPS) is 14.5. The highest BCUT2D eigenvalue weighted by Gasteiger charge is 2.43. The maximum absolute atomic E-state index is 13.8. The molecule has 5 N–H and O–H groups in total. The second-order valence-corrected chi connectivity index (χ2v) is 11.5. The van der Waals surface area contributed by atoms with Crippen molar-refractivity contribution in [3.63, 3.8) is 0 Å². The molecule has 0 aliphatic carbocycles. The predicted octanol–water partition coefficient (Wildman–Crippen LogP) is 5.22. The van der Waals surface area contributed by atoms with Crippen LogP contribution in [-0.2, 0) is 26.4 Å². The van der Waals surface area contributed by atoms with E-state index in [-0.39, 0.29) is 6.42 Å². The summed E-state index contributed by atoms with van der Waals surface area (Å²) in [6.07, 6.45) is 2.12. The molecule has 6 heteroatoms. The van der Waals surface area contributed by atoms with E-state index in [1.807, 2.05) is 68.4 Å². The molecule has 212 valence electrons. The van der Waals surface area contributed by atoms with Gasteiger partial charge in [-0.05, 0) is 81.4 Å². The van der Waals surface area contributed by atoms with E-state index < -0.39 is 41.0 Å². The summed E-state index contributed by atoms with van der Waals surface area (Å²) in [4.78, 5) is 27.1. The molecule has 6 nitrogen and oxygen atoms in total. The smallest absolute Gasteiger partial charge is 0.309 e. The van der Waals surface area contributed by atoms with Gasteiger partial charge in [0.1, 0.15) is 11.3 Å². The molecule has 3 atom stereocenters. The number of aliphatic hydroxyl groups is 1. The van der Waals surface area contributed by atoms with Crippen LogP contribution in [0.25, 0.3) is 6.08 Å². The van der Waals surface area contributed by atoms with Crippen molar-refractivity contribution < 1.29 is 19.4 Å². The van der Waals surface area contributed by atoms with E-state index in [1.165, 1.54) is 6.08 Å². The van der Waals surface area contributed by atoms with Gasteiger partial charge in [0.2, 0.25) is 0 Å². The number of rotatable bonds is 11.